The van der Waals surface area contributed by atoms with Gasteiger partial charge < -0.3 is 0 Å². The summed E-state index contributed by atoms with van der Waals surface area (Å²) in [6.07, 6.45) is 5.27. The van der Waals surface area contributed by atoms with Crippen LogP contribution >= 0.6 is 23.2 Å². The van der Waals surface area contributed by atoms with Crippen LogP contribution in [-0.4, -0.2) is 11.8 Å². The fourth-order valence-electron chi connectivity index (χ4n) is 1.70. The molecule has 0 aliphatic rings. The molecule has 0 bridgehead atoms. The number of benzene rings is 2. The zero-order valence-corrected chi connectivity index (χ0v) is 12.2. The van der Waals surface area contributed by atoms with Crippen molar-refractivity contribution in [2.24, 2.45) is 0 Å². The molecule has 2 aromatic rings. The summed E-state index contributed by atoms with van der Waals surface area (Å²) in [5.74, 6) is 1.18. The molecule has 0 atom stereocenters. The van der Waals surface area contributed by atoms with Crippen molar-refractivity contribution in [1.82, 2.24) is 5.32 Å². The van der Waals surface area contributed by atoms with Crippen LogP contribution in [-0.2, 0) is 0 Å². The van der Waals surface area contributed by atoms with Crippen molar-refractivity contribution in [1.29, 1.82) is 0 Å². The quantitative estimate of drug-likeness (QED) is 0.680. The maximum Gasteiger partial charge on any atom is 0.261 e. The van der Waals surface area contributed by atoms with Gasteiger partial charge in [0.25, 0.3) is 11.8 Å². The lowest BCUT2D eigenvalue weighted by Gasteiger charge is -2.07. The first-order valence-corrected chi connectivity index (χ1v) is 6.65. The fourth-order valence-corrected chi connectivity index (χ4v) is 2.27. The van der Waals surface area contributed by atoms with Crippen LogP contribution in [0, 0.1) is 12.3 Å². The highest BCUT2D eigenvalue weighted by Gasteiger charge is 2.17. The Morgan fingerprint density at radius 2 is 1.62 bits per heavy atom. The first-order valence-electron chi connectivity index (χ1n) is 5.89. The van der Waals surface area contributed by atoms with Crippen molar-refractivity contribution >= 4 is 35.0 Å². The standard InChI is InChI=1S/C16H9Cl2NO2/c1-2-10-5-3-6-11(9-10)15(20)19-16(21)14-12(17)7-4-8-13(14)18/h1,3-9H,(H,19,20,21). The molecule has 0 aliphatic heterocycles. The van der Waals surface area contributed by atoms with Gasteiger partial charge in [0.05, 0.1) is 15.6 Å². The zero-order valence-electron chi connectivity index (χ0n) is 10.7. The first-order chi connectivity index (χ1) is 10.0. The van der Waals surface area contributed by atoms with E-state index in [4.69, 9.17) is 29.6 Å². The Morgan fingerprint density at radius 1 is 1.00 bits per heavy atom. The van der Waals surface area contributed by atoms with Gasteiger partial charge in [-0.2, -0.15) is 0 Å². The Bertz CT molecular complexity index is 743. The van der Waals surface area contributed by atoms with E-state index in [1.807, 2.05) is 0 Å². The van der Waals surface area contributed by atoms with Gasteiger partial charge in [0.15, 0.2) is 0 Å². The van der Waals surface area contributed by atoms with Gasteiger partial charge in [-0.1, -0.05) is 41.3 Å². The minimum Gasteiger partial charge on any atom is -0.288 e. The van der Waals surface area contributed by atoms with E-state index >= 15 is 0 Å². The molecule has 0 saturated heterocycles. The monoisotopic (exact) mass is 317 g/mol. The molecule has 2 rings (SSSR count). The van der Waals surface area contributed by atoms with E-state index in [0.29, 0.717) is 5.56 Å². The Morgan fingerprint density at radius 3 is 2.24 bits per heavy atom. The maximum absolute atomic E-state index is 12.1. The highest BCUT2D eigenvalue weighted by molar-refractivity contribution is 6.40. The van der Waals surface area contributed by atoms with Crippen molar-refractivity contribution in [2.75, 3.05) is 0 Å². The van der Waals surface area contributed by atoms with Gasteiger partial charge in [-0.15, -0.1) is 6.42 Å². The predicted octanol–water partition coefficient (Wildman–Crippen LogP) is 3.54. The number of rotatable bonds is 2. The summed E-state index contributed by atoms with van der Waals surface area (Å²) in [6, 6.07) is 11.0. The number of terminal acetylenes is 1. The van der Waals surface area contributed by atoms with Gasteiger partial charge in [-0.3, -0.25) is 14.9 Å². The fraction of sp³-hybridized carbons (Fsp3) is 0. The highest BCUT2D eigenvalue weighted by atomic mass is 35.5. The molecule has 0 fully saturated rings. The third kappa shape index (κ3) is 3.43. The average molecular weight is 318 g/mol. The summed E-state index contributed by atoms with van der Waals surface area (Å²) < 4.78 is 0. The number of carbonyl (C=O) groups excluding carboxylic acids is 2. The zero-order chi connectivity index (χ0) is 15.4. The number of hydrogen-bond donors (Lipinski definition) is 1. The minimum atomic E-state index is -0.665. The highest BCUT2D eigenvalue weighted by Crippen LogP contribution is 2.24. The first kappa shape index (κ1) is 15.1. The van der Waals surface area contributed by atoms with E-state index in [1.54, 1.807) is 24.3 Å². The lowest BCUT2D eigenvalue weighted by atomic mass is 10.1. The van der Waals surface area contributed by atoms with Crippen LogP contribution in [0.4, 0.5) is 0 Å². The van der Waals surface area contributed by atoms with Crippen LogP contribution in [0.5, 0.6) is 0 Å². The summed E-state index contributed by atoms with van der Waals surface area (Å²) in [7, 11) is 0. The molecule has 0 heterocycles. The minimum absolute atomic E-state index is 0.0577. The summed E-state index contributed by atoms with van der Waals surface area (Å²) in [4.78, 5) is 24.1. The molecule has 0 spiro atoms. The SMILES string of the molecule is C#Cc1cccc(C(=O)NC(=O)c2c(Cl)cccc2Cl)c1. The normalized spacial score (nSPS) is 9.76. The molecule has 21 heavy (non-hydrogen) atoms. The molecule has 0 radical (unpaired) electrons. The second-order valence-corrected chi connectivity index (χ2v) is 4.92. The van der Waals surface area contributed by atoms with Crippen LogP contribution in [0.3, 0.4) is 0 Å². The summed E-state index contributed by atoms with van der Waals surface area (Å²) in [5, 5.41) is 2.57. The largest absolute Gasteiger partial charge is 0.288 e. The third-order valence-electron chi connectivity index (χ3n) is 2.71. The van der Waals surface area contributed by atoms with Crippen LogP contribution in [0.1, 0.15) is 26.3 Å². The topological polar surface area (TPSA) is 46.2 Å². The Balaban J connectivity index is 2.23. The molecule has 0 unspecified atom stereocenters. The second-order valence-electron chi connectivity index (χ2n) is 4.11. The lowest BCUT2D eigenvalue weighted by molar-refractivity contribution is 0.0849. The van der Waals surface area contributed by atoms with Crippen molar-refractivity contribution in [3.63, 3.8) is 0 Å². The van der Waals surface area contributed by atoms with Gasteiger partial charge in [0.2, 0.25) is 0 Å². The lowest BCUT2D eigenvalue weighted by Crippen LogP contribution is -2.30. The smallest absolute Gasteiger partial charge is 0.261 e. The van der Waals surface area contributed by atoms with Crippen LogP contribution in [0.15, 0.2) is 42.5 Å². The number of carbonyl (C=O) groups is 2. The van der Waals surface area contributed by atoms with E-state index in [0.717, 1.165) is 0 Å². The van der Waals surface area contributed by atoms with Crippen LogP contribution in [0.2, 0.25) is 10.0 Å². The van der Waals surface area contributed by atoms with Gasteiger partial charge >= 0.3 is 0 Å². The van der Waals surface area contributed by atoms with Gasteiger partial charge in [0.1, 0.15) is 0 Å². The van der Waals surface area contributed by atoms with Crippen molar-refractivity contribution < 1.29 is 9.59 Å². The predicted molar refractivity (Wildman–Crippen MR) is 82.6 cm³/mol. The average Bonchev–Trinajstić information content (AvgIpc) is 2.47. The Hall–Kier alpha value is -2.28. The molecular formula is C16H9Cl2NO2. The van der Waals surface area contributed by atoms with Crippen molar-refractivity contribution in [3.8, 4) is 12.3 Å². The van der Waals surface area contributed by atoms with Crippen LogP contribution in [0.25, 0.3) is 0 Å². The molecule has 2 aromatic carbocycles. The van der Waals surface area contributed by atoms with Crippen molar-refractivity contribution in [3.05, 3.63) is 69.2 Å². The molecular weight excluding hydrogens is 309 g/mol. The number of hydrogen-bond acceptors (Lipinski definition) is 2. The van der Waals surface area contributed by atoms with Gasteiger partial charge in [-0.05, 0) is 30.3 Å². The molecule has 5 heteroatoms. The maximum atomic E-state index is 12.1. The number of imide groups is 1. The van der Waals surface area contributed by atoms with Gasteiger partial charge in [-0.25, -0.2) is 0 Å². The molecule has 104 valence electrons. The summed E-state index contributed by atoms with van der Waals surface area (Å²) in [6.45, 7) is 0. The number of nitrogens with one attached hydrogen (secondary N) is 1. The number of amides is 2. The van der Waals surface area contributed by atoms with E-state index in [-0.39, 0.29) is 21.2 Å². The number of halogens is 2. The third-order valence-corrected chi connectivity index (χ3v) is 3.34. The molecule has 2 amide bonds. The summed E-state index contributed by atoms with van der Waals surface area (Å²) >= 11 is 11.8. The molecule has 1 N–H and O–H groups in total. The van der Waals surface area contributed by atoms with E-state index in [1.165, 1.54) is 18.2 Å². The Kier molecular flexibility index (Phi) is 4.64. The van der Waals surface area contributed by atoms with Gasteiger partial charge in [0, 0.05) is 11.1 Å². The molecule has 3 nitrogen and oxygen atoms in total. The van der Waals surface area contributed by atoms with E-state index < -0.39 is 11.8 Å². The summed E-state index contributed by atoms with van der Waals surface area (Å²) in [5.41, 5.74) is 0.884. The Labute approximate surface area is 131 Å². The second kappa shape index (κ2) is 6.45. The van der Waals surface area contributed by atoms with E-state index in [9.17, 15) is 9.59 Å². The van der Waals surface area contributed by atoms with Crippen LogP contribution < -0.4 is 5.32 Å². The van der Waals surface area contributed by atoms with E-state index in [2.05, 4.69) is 11.2 Å². The molecule has 0 aromatic heterocycles. The molecule has 0 aliphatic carbocycles. The molecule has 0 saturated carbocycles. The van der Waals surface area contributed by atoms with Crippen molar-refractivity contribution in [2.45, 2.75) is 0 Å².